The summed E-state index contributed by atoms with van der Waals surface area (Å²) < 4.78 is 16.9. The lowest BCUT2D eigenvalue weighted by atomic mass is 10.0. The summed E-state index contributed by atoms with van der Waals surface area (Å²) in [5.41, 5.74) is 2.27. The van der Waals surface area contributed by atoms with Crippen LogP contribution in [0, 0.1) is 0 Å². The smallest absolute Gasteiger partial charge is 0.337 e. The predicted octanol–water partition coefficient (Wildman–Crippen LogP) is 2.93. The van der Waals surface area contributed by atoms with Crippen molar-refractivity contribution in [2.75, 3.05) is 18.5 Å². The van der Waals surface area contributed by atoms with E-state index in [-0.39, 0.29) is 46.9 Å². The molecule has 1 atom stereocenters. The molecule has 0 saturated heterocycles. The molecule has 0 radical (unpaired) electrons. The topological polar surface area (TPSA) is 189 Å². The van der Waals surface area contributed by atoms with Crippen molar-refractivity contribution in [1.82, 2.24) is 20.5 Å². The fraction of sp³-hybridized carbons (Fsp3) is 0.174. The van der Waals surface area contributed by atoms with Gasteiger partial charge in [0.1, 0.15) is 12.4 Å². The molecular weight excluding hydrogens is 556 g/mol. The van der Waals surface area contributed by atoms with Crippen molar-refractivity contribution >= 4 is 67.7 Å². The summed E-state index contributed by atoms with van der Waals surface area (Å²) in [6.07, 6.45) is 1.33. The lowest BCUT2D eigenvalue weighted by Crippen LogP contribution is -2.28. The molecule has 0 fully saturated rings. The number of carbonyl (C=O) groups is 3. The van der Waals surface area contributed by atoms with Crippen molar-refractivity contribution < 1.29 is 28.4 Å². The third-order valence-corrected chi connectivity index (χ3v) is 7.38. The molecule has 2 amide bonds. The van der Waals surface area contributed by atoms with Crippen LogP contribution in [0.1, 0.15) is 23.2 Å². The van der Waals surface area contributed by atoms with Gasteiger partial charge >= 0.3 is 5.97 Å². The zero-order valence-corrected chi connectivity index (χ0v) is 21.9. The van der Waals surface area contributed by atoms with Gasteiger partial charge in [0.25, 0.3) is 0 Å². The van der Waals surface area contributed by atoms with Crippen molar-refractivity contribution in [3.05, 3.63) is 53.2 Å². The molecule has 2 heterocycles. The molecule has 0 bridgehead atoms. The minimum atomic E-state index is -1.78. The molecule has 12 nitrogen and oxygen atoms in total. The minimum Gasteiger partial charge on any atom is -0.492 e. The summed E-state index contributed by atoms with van der Waals surface area (Å²) in [4.78, 5) is 38.3. The van der Waals surface area contributed by atoms with Crippen molar-refractivity contribution in [3.63, 3.8) is 0 Å². The van der Waals surface area contributed by atoms with Gasteiger partial charge in [-0.2, -0.15) is 0 Å². The molecule has 1 unspecified atom stereocenters. The van der Waals surface area contributed by atoms with E-state index in [0.717, 1.165) is 16.9 Å². The Bertz CT molecular complexity index is 1520. The van der Waals surface area contributed by atoms with E-state index in [9.17, 15) is 23.7 Å². The zero-order chi connectivity index (χ0) is 27.2. The largest absolute Gasteiger partial charge is 0.492 e. The number of ether oxygens (including phenoxy) is 1. The standard InChI is InChI=1S/C23H21ClN6O6S2/c24-17-10-18-15(16(11-27-18)21(33)34)9-14(17)12-1-3-13(4-2-12)36-8-7-26-19(31)5-6-20(32)28-22-29-30-23(37-22)38(25)35/h1-4,9-11,27H,5-8,25H2,(H,26,31)(H,33,34)(H,28,29,32). The molecule has 4 rings (SSSR count). The number of nitrogens with one attached hydrogen (secondary N) is 3. The van der Waals surface area contributed by atoms with Gasteiger partial charge in [-0.05, 0) is 29.8 Å². The highest BCUT2D eigenvalue weighted by atomic mass is 35.5. The number of aromatic nitrogens is 3. The molecule has 6 N–H and O–H groups in total. The highest BCUT2D eigenvalue weighted by Gasteiger charge is 2.15. The van der Waals surface area contributed by atoms with E-state index in [1.54, 1.807) is 36.4 Å². The molecular formula is C23H21ClN6O6S2. The van der Waals surface area contributed by atoms with Crippen LogP contribution in [0.4, 0.5) is 5.13 Å². The Labute approximate surface area is 227 Å². The number of carboxylic acids is 1. The van der Waals surface area contributed by atoms with Gasteiger partial charge in [0, 0.05) is 35.5 Å². The lowest BCUT2D eigenvalue weighted by Gasteiger charge is -2.10. The maximum Gasteiger partial charge on any atom is 0.337 e. The normalized spacial score (nSPS) is 11.7. The number of rotatable bonds is 11. The molecule has 4 aromatic rings. The highest BCUT2D eigenvalue weighted by Crippen LogP contribution is 2.34. The van der Waals surface area contributed by atoms with Crippen LogP contribution < -0.4 is 20.5 Å². The Hall–Kier alpha value is -3.85. The van der Waals surface area contributed by atoms with Crippen LogP contribution in [-0.4, -0.2) is 55.4 Å². The second kappa shape index (κ2) is 12.1. The number of benzene rings is 2. The van der Waals surface area contributed by atoms with Crippen LogP contribution in [0.3, 0.4) is 0 Å². The van der Waals surface area contributed by atoms with Gasteiger partial charge in [-0.15, -0.1) is 10.2 Å². The van der Waals surface area contributed by atoms with Crippen LogP contribution >= 0.6 is 22.9 Å². The lowest BCUT2D eigenvalue weighted by molar-refractivity contribution is -0.124. The van der Waals surface area contributed by atoms with Crippen molar-refractivity contribution in [2.45, 2.75) is 17.2 Å². The van der Waals surface area contributed by atoms with Crippen molar-refractivity contribution in [2.24, 2.45) is 5.14 Å². The maximum absolute atomic E-state index is 12.0. The van der Waals surface area contributed by atoms with E-state index in [4.69, 9.17) is 21.5 Å². The van der Waals surface area contributed by atoms with Crippen LogP contribution in [0.2, 0.25) is 5.02 Å². The van der Waals surface area contributed by atoms with Crippen LogP contribution in [-0.2, 0) is 20.6 Å². The van der Waals surface area contributed by atoms with Gasteiger partial charge in [-0.1, -0.05) is 35.1 Å². The number of hydrogen-bond acceptors (Lipinski definition) is 8. The molecule has 0 aliphatic heterocycles. The SMILES string of the molecule is NS(=O)c1nnc(NC(=O)CCC(=O)NCCOc2ccc(-c3cc4c(C(=O)O)c[nH]c4cc3Cl)cc2)s1. The number of amides is 2. The number of carbonyl (C=O) groups excluding carboxylic acids is 2. The number of hydrogen-bond donors (Lipinski definition) is 5. The number of aromatic carboxylic acids is 1. The summed E-state index contributed by atoms with van der Waals surface area (Å²) in [5.74, 6) is -1.21. The quantitative estimate of drug-likeness (QED) is 0.133. The molecule has 0 saturated carbocycles. The van der Waals surface area contributed by atoms with E-state index in [2.05, 4.69) is 25.8 Å². The van der Waals surface area contributed by atoms with E-state index >= 15 is 0 Å². The fourth-order valence-electron chi connectivity index (χ4n) is 3.47. The van der Waals surface area contributed by atoms with Crippen molar-refractivity contribution in [1.29, 1.82) is 0 Å². The van der Waals surface area contributed by atoms with Crippen LogP contribution in [0.5, 0.6) is 5.75 Å². The predicted molar refractivity (Wildman–Crippen MR) is 143 cm³/mol. The number of H-pyrrole nitrogens is 1. The van der Waals surface area contributed by atoms with Gasteiger partial charge in [-0.3, -0.25) is 9.59 Å². The van der Waals surface area contributed by atoms with Gasteiger partial charge in [0.05, 0.1) is 17.1 Å². The number of anilines is 1. The zero-order valence-electron chi connectivity index (χ0n) is 19.5. The monoisotopic (exact) mass is 576 g/mol. The second-order valence-corrected chi connectivity index (χ2v) is 10.5. The number of aromatic amines is 1. The van der Waals surface area contributed by atoms with E-state index < -0.39 is 22.9 Å². The summed E-state index contributed by atoms with van der Waals surface area (Å²) >= 11 is 7.31. The third-order valence-electron chi connectivity index (χ3n) is 5.26. The first-order valence-corrected chi connectivity index (χ1v) is 13.5. The van der Waals surface area contributed by atoms with E-state index in [1.165, 1.54) is 6.20 Å². The van der Waals surface area contributed by atoms with Crippen LogP contribution in [0.15, 0.2) is 46.9 Å². The number of nitrogens with two attached hydrogens (primary N) is 1. The molecule has 2 aromatic carbocycles. The second-order valence-electron chi connectivity index (χ2n) is 7.83. The Morgan fingerprint density at radius 1 is 1.13 bits per heavy atom. The average Bonchev–Trinajstić information content (AvgIpc) is 3.52. The summed E-state index contributed by atoms with van der Waals surface area (Å²) in [6.45, 7) is 0.442. The molecule has 0 aliphatic rings. The molecule has 38 heavy (non-hydrogen) atoms. The first-order chi connectivity index (χ1) is 18.2. The minimum absolute atomic E-state index is 0.0369. The molecule has 0 aliphatic carbocycles. The van der Waals surface area contributed by atoms with Gasteiger partial charge < -0.3 is 25.5 Å². The fourth-order valence-corrected chi connectivity index (χ4v) is 4.92. The molecule has 2 aromatic heterocycles. The van der Waals surface area contributed by atoms with Crippen molar-refractivity contribution in [3.8, 4) is 16.9 Å². The Morgan fingerprint density at radius 3 is 2.55 bits per heavy atom. The van der Waals surface area contributed by atoms with Gasteiger partial charge in [-0.25, -0.2) is 14.1 Å². The van der Waals surface area contributed by atoms with Gasteiger partial charge in [0.15, 0.2) is 11.0 Å². The van der Waals surface area contributed by atoms with E-state index in [1.807, 2.05) is 0 Å². The summed E-state index contributed by atoms with van der Waals surface area (Å²) in [5, 5.41) is 28.1. The molecule has 0 spiro atoms. The molecule has 15 heteroatoms. The number of nitrogens with zero attached hydrogens (tertiary/aromatic N) is 2. The summed E-state index contributed by atoms with van der Waals surface area (Å²) in [7, 11) is -1.78. The first kappa shape index (κ1) is 27.2. The highest BCUT2D eigenvalue weighted by molar-refractivity contribution is 7.85. The number of carboxylic acid groups (broad SMARTS) is 1. The molecule has 198 valence electrons. The average molecular weight is 577 g/mol. The summed E-state index contributed by atoms with van der Waals surface area (Å²) in [6, 6.07) is 10.5. The Morgan fingerprint density at radius 2 is 1.87 bits per heavy atom. The van der Waals surface area contributed by atoms with Crippen LogP contribution in [0.25, 0.3) is 22.0 Å². The maximum atomic E-state index is 12.0. The van der Waals surface area contributed by atoms with E-state index in [0.29, 0.717) is 27.2 Å². The number of fused-ring (bicyclic) bond motifs is 1. The third kappa shape index (κ3) is 6.72. The Kier molecular flexibility index (Phi) is 8.68. The Balaban J connectivity index is 1.22. The van der Waals surface area contributed by atoms with Gasteiger partial charge in [0.2, 0.25) is 21.3 Å². The number of halogens is 1. The first-order valence-electron chi connectivity index (χ1n) is 11.0.